The molecule has 0 unspecified atom stereocenters. The quantitative estimate of drug-likeness (QED) is 0.169. The van der Waals surface area contributed by atoms with Gasteiger partial charge in [0, 0.05) is 76.2 Å². The summed E-state index contributed by atoms with van der Waals surface area (Å²) in [6.45, 7) is 6.75. The topological polar surface area (TPSA) is 11.4 Å². The smallest absolute Gasteiger partial charge is 0.333 e. The molecule has 3 nitrogen and oxygen atoms in total. The summed E-state index contributed by atoms with van der Waals surface area (Å²) in [6.07, 6.45) is 4.47. The minimum Gasteiger partial charge on any atom is -0.376 e. The second-order valence-corrected chi connectivity index (χ2v) is 15.6. The normalized spacial score (nSPS) is 14.4. The third-order valence-electron chi connectivity index (χ3n) is 11.8. The molecule has 0 saturated heterocycles. The minimum atomic E-state index is -0.00189. The van der Waals surface area contributed by atoms with Crippen molar-refractivity contribution in [2.24, 2.45) is 0 Å². The van der Waals surface area contributed by atoms with Crippen LogP contribution in [0.3, 0.4) is 0 Å². The van der Waals surface area contributed by atoms with Gasteiger partial charge in [0.25, 0.3) is 0 Å². The van der Waals surface area contributed by atoms with E-state index in [-0.39, 0.29) is 6.85 Å². The summed E-state index contributed by atoms with van der Waals surface area (Å²) in [5.74, 6) is 0. The molecule has 5 heterocycles. The highest BCUT2D eigenvalue weighted by Crippen LogP contribution is 2.49. The van der Waals surface area contributed by atoms with Crippen LogP contribution in [0.1, 0.15) is 12.5 Å². The largest absolute Gasteiger partial charge is 0.376 e. The molecule has 0 saturated carbocycles. The SMILES string of the molecule is C=CC1=C(/C=C(\C)n2c3ccccc3c3ccccc32)c2cccc3c2B2c4c(cccc4N3c3ccc4sc5ccccc5c4c3)-c3ccccc3N21. The van der Waals surface area contributed by atoms with Crippen molar-refractivity contribution in [1.29, 1.82) is 0 Å². The highest BCUT2D eigenvalue weighted by molar-refractivity contribution is 7.25. The maximum absolute atomic E-state index is 4.50. The van der Waals surface area contributed by atoms with Gasteiger partial charge in [0.1, 0.15) is 0 Å². The third-order valence-corrected chi connectivity index (χ3v) is 13.0. The number of fused-ring (bicyclic) bond motifs is 9. The summed E-state index contributed by atoms with van der Waals surface area (Å²) >= 11 is 1.87. The van der Waals surface area contributed by atoms with Crippen molar-refractivity contribution in [1.82, 2.24) is 4.57 Å². The van der Waals surface area contributed by atoms with Gasteiger partial charge in [-0.2, -0.15) is 0 Å². The molecule has 12 rings (SSSR count). The van der Waals surface area contributed by atoms with Crippen molar-refractivity contribution in [2.75, 3.05) is 9.71 Å². The molecule has 0 amide bonds. The van der Waals surface area contributed by atoms with Crippen molar-refractivity contribution >= 4 is 105 Å². The number of para-hydroxylation sites is 3. The number of rotatable bonds is 4. The molecule has 252 valence electrons. The standard InChI is InChI=1S/C49H32BN3S/c1-3-40-38(28-30(2)51-41-20-8-4-14-32(41)33-15-5-9-21-42(33)51)37-19-13-24-45-49(37)50-48-36(34-16-6-10-22-43(34)53(40)50)18-12-23-44(48)52(45)31-26-27-47-39(29-31)35-17-7-11-25-46(35)54-47/h3-29H,1H2,2H3/b30-28+. The summed E-state index contributed by atoms with van der Waals surface area (Å²) < 4.78 is 5.05. The monoisotopic (exact) mass is 705 g/mol. The van der Waals surface area contributed by atoms with E-state index in [1.54, 1.807) is 0 Å². The van der Waals surface area contributed by atoms with Crippen LogP contribution in [-0.4, -0.2) is 11.4 Å². The van der Waals surface area contributed by atoms with E-state index >= 15 is 0 Å². The lowest BCUT2D eigenvalue weighted by molar-refractivity contribution is 1.19. The molecule has 5 heteroatoms. The fourth-order valence-electron chi connectivity index (χ4n) is 9.73. The molecule has 0 fully saturated rings. The second kappa shape index (κ2) is 11.0. The zero-order chi connectivity index (χ0) is 35.7. The van der Waals surface area contributed by atoms with E-state index in [2.05, 4.69) is 192 Å². The van der Waals surface area contributed by atoms with Gasteiger partial charge in [-0.3, -0.25) is 0 Å². The molecule has 9 aromatic rings. The second-order valence-electron chi connectivity index (χ2n) is 14.5. The van der Waals surface area contributed by atoms with Gasteiger partial charge in [-0.15, -0.1) is 11.3 Å². The molecular weight excluding hydrogens is 673 g/mol. The maximum atomic E-state index is 4.50. The lowest BCUT2D eigenvalue weighted by Crippen LogP contribution is -2.65. The van der Waals surface area contributed by atoms with E-state index in [9.17, 15) is 0 Å². The molecular formula is C49H32BN3S. The molecule has 0 radical (unpaired) electrons. The van der Waals surface area contributed by atoms with Crippen LogP contribution in [0.2, 0.25) is 0 Å². The van der Waals surface area contributed by atoms with Gasteiger partial charge in [0.05, 0.1) is 11.0 Å². The Morgan fingerprint density at radius 2 is 1.17 bits per heavy atom. The molecule has 0 aliphatic carbocycles. The Balaban J connectivity index is 1.16. The van der Waals surface area contributed by atoms with Crippen LogP contribution < -0.4 is 20.6 Å². The molecule has 0 bridgehead atoms. The van der Waals surface area contributed by atoms with E-state index in [1.165, 1.54) is 97.9 Å². The zero-order valence-electron chi connectivity index (χ0n) is 29.6. The molecule has 0 atom stereocenters. The van der Waals surface area contributed by atoms with Crippen LogP contribution in [0, 0.1) is 0 Å². The van der Waals surface area contributed by atoms with Gasteiger partial charge in [0.15, 0.2) is 0 Å². The van der Waals surface area contributed by atoms with E-state index in [0.717, 1.165) is 11.4 Å². The molecule has 3 aliphatic heterocycles. The Labute approximate surface area is 317 Å². The first-order valence-corrected chi connectivity index (χ1v) is 19.4. The van der Waals surface area contributed by atoms with Crippen LogP contribution in [0.4, 0.5) is 22.7 Å². The Morgan fingerprint density at radius 3 is 1.93 bits per heavy atom. The summed E-state index contributed by atoms with van der Waals surface area (Å²) in [6, 6.07) is 56.0. The van der Waals surface area contributed by atoms with Crippen molar-refractivity contribution < 1.29 is 0 Å². The Hall–Kier alpha value is -6.56. The zero-order valence-corrected chi connectivity index (χ0v) is 30.4. The number of thiophene rings is 1. The fourth-order valence-corrected chi connectivity index (χ4v) is 10.8. The number of hydrogen-bond donors (Lipinski definition) is 0. The van der Waals surface area contributed by atoms with Crippen LogP contribution in [-0.2, 0) is 0 Å². The van der Waals surface area contributed by atoms with Crippen molar-refractivity contribution in [3.05, 3.63) is 182 Å². The molecule has 0 N–H and O–H groups in total. The first-order chi connectivity index (χ1) is 26.7. The van der Waals surface area contributed by atoms with Crippen LogP contribution in [0.25, 0.3) is 64.4 Å². The highest BCUT2D eigenvalue weighted by Gasteiger charge is 2.48. The average molecular weight is 706 g/mol. The van der Waals surface area contributed by atoms with E-state index < -0.39 is 0 Å². The Bertz CT molecular complexity index is 3120. The van der Waals surface area contributed by atoms with Crippen LogP contribution >= 0.6 is 11.3 Å². The van der Waals surface area contributed by atoms with Crippen molar-refractivity contribution in [3.8, 4) is 11.1 Å². The lowest BCUT2D eigenvalue weighted by Gasteiger charge is -2.49. The van der Waals surface area contributed by atoms with Gasteiger partial charge in [0.2, 0.25) is 0 Å². The minimum absolute atomic E-state index is 0.00189. The highest BCUT2D eigenvalue weighted by atomic mass is 32.1. The summed E-state index contributed by atoms with van der Waals surface area (Å²) in [4.78, 5) is 5.09. The average Bonchev–Trinajstić information content (AvgIpc) is 3.77. The van der Waals surface area contributed by atoms with Gasteiger partial charge >= 0.3 is 6.85 Å². The number of hydrogen-bond acceptors (Lipinski definition) is 3. The Kier molecular flexibility index (Phi) is 6.10. The molecule has 7 aromatic carbocycles. The number of benzene rings is 7. The third kappa shape index (κ3) is 3.86. The van der Waals surface area contributed by atoms with Crippen LogP contribution in [0.5, 0.6) is 0 Å². The number of allylic oxidation sites excluding steroid dienone is 4. The van der Waals surface area contributed by atoms with Crippen molar-refractivity contribution in [3.63, 3.8) is 0 Å². The lowest BCUT2D eigenvalue weighted by atomic mass is 9.41. The fraction of sp³-hybridized carbons (Fsp3) is 0.0204. The van der Waals surface area contributed by atoms with Gasteiger partial charge in [-0.25, -0.2) is 0 Å². The predicted molar refractivity (Wildman–Crippen MR) is 233 cm³/mol. The van der Waals surface area contributed by atoms with Gasteiger partial charge in [-0.05, 0) is 95.7 Å². The first-order valence-electron chi connectivity index (χ1n) is 18.6. The molecule has 0 spiro atoms. The van der Waals surface area contributed by atoms with Crippen LogP contribution in [0.15, 0.2) is 176 Å². The van der Waals surface area contributed by atoms with E-state index in [4.69, 9.17) is 0 Å². The van der Waals surface area contributed by atoms with Gasteiger partial charge in [-0.1, -0.05) is 104 Å². The summed E-state index contributed by atoms with van der Waals surface area (Å²) in [5, 5.41) is 5.14. The van der Waals surface area contributed by atoms with E-state index in [0.29, 0.717) is 0 Å². The summed E-state index contributed by atoms with van der Waals surface area (Å²) in [7, 11) is 0. The first kappa shape index (κ1) is 30.0. The van der Waals surface area contributed by atoms with Gasteiger partial charge < -0.3 is 14.3 Å². The predicted octanol–water partition coefficient (Wildman–Crippen LogP) is 12.0. The number of nitrogens with zero attached hydrogens (tertiary/aromatic N) is 3. The maximum Gasteiger partial charge on any atom is 0.333 e. The number of aromatic nitrogens is 1. The van der Waals surface area contributed by atoms with E-state index in [1.807, 2.05) is 11.3 Å². The molecule has 54 heavy (non-hydrogen) atoms. The Morgan fingerprint density at radius 1 is 0.574 bits per heavy atom. The molecule has 2 aromatic heterocycles. The molecule has 3 aliphatic rings. The van der Waals surface area contributed by atoms with Crippen molar-refractivity contribution in [2.45, 2.75) is 6.92 Å². The summed E-state index contributed by atoms with van der Waals surface area (Å²) in [5.41, 5.74) is 17.2. The number of anilines is 4.